The van der Waals surface area contributed by atoms with Crippen molar-refractivity contribution in [3.63, 3.8) is 0 Å². The zero-order valence-electron chi connectivity index (χ0n) is 13.8. The smallest absolute Gasteiger partial charge is 0.224 e. The van der Waals surface area contributed by atoms with Gasteiger partial charge in [0.15, 0.2) is 0 Å². The van der Waals surface area contributed by atoms with Crippen LogP contribution in [0, 0.1) is 5.92 Å². The maximum absolute atomic E-state index is 12.4. The average Bonchev–Trinajstić information content (AvgIpc) is 3.13. The van der Waals surface area contributed by atoms with Crippen LogP contribution in [0.1, 0.15) is 18.6 Å². The number of rotatable bonds is 7. The number of nitrogens with one attached hydrogen (secondary N) is 1. The summed E-state index contributed by atoms with van der Waals surface area (Å²) in [6, 6.07) is 14.2. The van der Waals surface area contributed by atoms with E-state index in [-0.39, 0.29) is 11.8 Å². The molecule has 1 atom stereocenters. The molecule has 24 heavy (non-hydrogen) atoms. The molecule has 0 saturated carbocycles. The molecule has 1 aromatic heterocycles. The van der Waals surface area contributed by atoms with Gasteiger partial charge in [-0.3, -0.25) is 9.69 Å². The number of likely N-dealkylation sites (tertiary alicyclic amines) is 1. The van der Waals surface area contributed by atoms with Crippen LogP contribution in [0.3, 0.4) is 0 Å². The van der Waals surface area contributed by atoms with E-state index in [2.05, 4.69) is 22.3 Å². The molecule has 3 rings (SSSR count). The Morgan fingerprint density at radius 3 is 2.92 bits per heavy atom. The molecule has 0 spiro atoms. The molecule has 0 unspecified atom stereocenters. The van der Waals surface area contributed by atoms with Gasteiger partial charge >= 0.3 is 0 Å². The van der Waals surface area contributed by atoms with Crippen molar-refractivity contribution in [3.05, 3.63) is 54.5 Å². The summed E-state index contributed by atoms with van der Waals surface area (Å²) >= 11 is 1.77. The van der Waals surface area contributed by atoms with Crippen molar-refractivity contribution in [2.45, 2.75) is 24.3 Å². The number of hydrogen-bond acceptors (Lipinski definition) is 4. The first kappa shape index (κ1) is 17.1. The van der Waals surface area contributed by atoms with E-state index in [0.717, 1.165) is 44.0 Å². The third kappa shape index (κ3) is 5.14. The Bertz CT molecular complexity index is 616. The Hall–Kier alpha value is -1.72. The molecule has 1 aromatic carbocycles. The number of nitrogens with zero attached hydrogens (tertiary/aromatic N) is 1. The van der Waals surface area contributed by atoms with E-state index < -0.39 is 0 Å². The molecule has 0 aliphatic carbocycles. The number of carbonyl (C=O) groups excluding carboxylic acids is 1. The van der Waals surface area contributed by atoms with Crippen LogP contribution in [0.2, 0.25) is 0 Å². The van der Waals surface area contributed by atoms with Crippen LogP contribution in [0.15, 0.2) is 58.0 Å². The van der Waals surface area contributed by atoms with Crippen molar-refractivity contribution in [1.82, 2.24) is 10.2 Å². The highest BCUT2D eigenvalue weighted by atomic mass is 32.2. The first-order chi connectivity index (χ1) is 11.8. The summed E-state index contributed by atoms with van der Waals surface area (Å²) in [5.41, 5.74) is 0. The maximum Gasteiger partial charge on any atom is 0.224 e. The van der Waals surface area contributed by atoms with Gasteiger partial charge in [0.25, 0.3) is 0 Å². The molecule has 128 valence electrons. The fourth-order valence-electron chi connectivity index (χ4n) is 3.04. The van der Waals surface area contributed by atoms with Crippen LogP contribution in [0.25, 0.3) is 0 Å². The summed E-state index contributed by atoms with van der Waals surface area (Å²) in [5.74, 6) is 2.15. The zero-order chi connectivity index (χ0) is 16.6. The highest BCUT2D eigenvalue weighted by Gasteiger charge is 2.25. The van der Waals surface area contributed by atoms with Gasteiger partial charge in [-0.25, -0.2) is 0 Å². The van der Waals surface area contributed by atoms with Crippen LogP contribution in [-0.4, -0.2) is 36.2 Å². The van der Waals surface area contributed by atoms with Crippen molar-refractivity contribution in [2.75, 3.05) is 25.4 Å². The number of hydrogen-bond donors (Lipinski definition) is 1. The molecule has 0 bridgehead atoms. The van der Waals surface area contributed by atoms with Gasteiger partial charge in [-0.2, -0.15) is 0 Å². The normalized spacial score (nSPS) is 18.4. The van der Waals surface area contributed by atoms with Crippen LogP contribution < -0.4 is 5.32 Å². The van der Waals surface area contributed by atoms with E-state index in [0.29, 0.717) is 6.54 Å². The topological polar surface area (TPSA) is 45.5 Å². The van der Waals surface area contributed by atoms with Gasteiger partial charge in [0.1, 0.15) is 5.76 Å². The fourth-order valence-corrected chi connectivity index (χ4v) is 3.83. The van der Waals surface area contributed by atoms with Gasteiger partial charge in [-0.1, -0.05) is 18.2 Å². The van der Waals surface area contributed by atoms with Crippen molar-refractivity contribution in [1.29, 1.82) is 0 Å². The third-order valence-electron chi connectivity index (χ3n) is 4.25. The molecule has 1 aliphatic rings. The number of furan rings is 1. The molecule has 1 N–H and O–H groups in total. The van der Waals surface area contributed by atoms with Crippen molar-refractivity contribution >= 4 is 17.7 Å². The van der Waals surface area contributed by atoms with Gasteiger partial charge in [-0.05, 0) is 43.7 Å². The lowest BCUT2D eigenvalue weighted by atomic mass is 9.97. The standard InChI is InChI=1S/C19H24N2O2S/c22-19(20-10-13-24-18-8-2-1-3-9-18)16-6-4-11-21(14-16)15-17-7-5-12-23-17/h1-3,5,7-9,12,16H,4,6,10-11,13-15H2,(H,20,22)/t16-/m1/s1. The number of thioether (sulfide) groups is 1. The molecule has 0 radical (unpaired) electrons. The van der Waals surface area contributed by atoms with Crippen LogP contribution in [0.5, 0.6) is 0 Å². The Morgan fingerprint density at radius 1 is 1.25 bits per heavy atom. The van der Waals surface area contributed by atoms with Gasteiger partial charge in [0, 0.05) is 23.7 Å². The zero-order valence-corrected chi connectivity index (χ0v) is 14.6. The molecule has 1 fully saturated rings. The minimum absolute atomic E-state index is 0.0930. The number of benzene rings is 1. The largest absolute Gasteiger partial charge is 0.468 e. The lowest BCUT2D eigenvalue weighted by Crippen LogP contribution is -2.43. The lowest BCUT2D eigenvalue weighted by Gasteiger charge is -2.31. The maximum atomic E-state index is 12.4. The predicted octanol–water partition coefficient (Wildman–Crippen LogP) is 3.40. The first-order valence-electron chi connectivity index (χ1n) is 8.51. The van der Waals surface area contributed by atoms with Crippen LogP contribution >= 0.6 is 11.8 Å². The minimum atomic E-state index is 0.0930. The number of carbonyl (C=O) groups is 1. The number of piperidine rings is 1. The first-order valence-corrected chi connectivity index (χ1v) is 9.50. The van der Waals surface area contributed by atoms with E-state index >= 15 is 0 Å². The highest BCUT2D eigenvalue weighted by Crippen LogP contribution is 2.19. The summed E-state index contributed by atoms with van der Waals surface area (Å²) in [6.07, 6.45) is 3.75. The highest BCUT2D eigenvalue weighted by molar-refractivity contribution is 7.99. The molecular formula is C19H24N2O2S. The monoisotopic (exact) mass is 344 g/mol. The van der Waals surface area contributed by atoms with Gasteiger partial charge in [0.05, 0.1) is 18.7 Å². The van der Waals surface area contributed by atoms with E-state index in [9.17, 15) is 4.79 Å². The molecule has 2 aromatic rings. The van der Waals surface area contributed by atoms with Gasteiger partial charge in [0.2, 0.25) is 5.91 Å². The van der Waals surface area contributed by atoms with E-state index in [4.69, 9.17) is 4.42 Å². The summed E-state index contributed by atoms with van der Waals surface area (Å²) in [5, 5.41) is 3.09. The Labute approximate surface area is 147 Å². The molecule has 4 nitrogen and oxygen atoms in total. The fraction of sp³-hybridized carbons (Fsp3) is 0.421. The Kier molecular flexibility index (Phi) is 6.38. The summed E-state index contributed by atoms with van der Waals surface area (Å²) in [4.78, 5) is 15.9. The number of amides is 1. The van der Waals surface area contributed by atoms with E-state index in [1.807, 2.05) is 30.3 Å². The molecule has 1 aliphatic heterocycles. The van der Waals surface area contributed by atoms with E-state index in [1.54, 1.807) is 18.0 Å². The SMILES string of the molecule is O=C(NCCSc1ccccc1)[C@@H]1CCCN(Cc2ccco2)C1. The second kappa shape index (κ2) is 8.94. The lowest BCUT2D eigenvalue weighted by molar-refractivity contribution is -0.126. The van der Waals surface area contributed by atoms with Crippen molar-refractivity contribution in [3.8, 4) is 0 Å². The molecular weight excluding hydrogens is 320 g/mol. The molecule has 1 amide bonds. The van der Waals surface area contributed by atoms with Gasteiger partial charge in [-0.15, -0.1) is 11.8 Å². The van der Waals surface area contributed by atoms with E-state index in [1.165, 1.54) is 4.90 Å². The second-order valence-corrected chi connectivity index (χ2v) is 7.27. The summed E-state index contributed by atoms with van der Waals surface area (Å²) in [6.45, 7) is 3.36. The predicted molar refractivity (Wildman–Crippen MR) is 96.9 cm³/mol. The molecule has 2 heterocycles. The third-order valence-corrected chi connectivity index (χ3v) is 5.26. The molecule has 5 heteroatoms. The molecule has 1 saturated heterocycles. The van der Waals surface area contributed by atoms with Gasteiger partial charge < -0.3 is 9.73 Å². The average molecular weight is 344 g/mol. The summed E-state index contributed by atoms with van der Waals surface area (Å²) < 4.78 is 5.41. The quantitative estimate of drug-likeness (QED) is 0.618. The van der Waals surface area contributed by atoms with Crippen molar-refractivity contribution < 1.29 is 9.21 Å². The Balaban J connectivity index is 1.38. The van der Waals surface area contributed by atoms with Crippen molar-refractivity contribution in [2.24, 2.45) is 5.92 Å². The minimum Gasteiger partial charge on any atom is -0.468 e. The second-order valence-electron chi connectivity index (χ2n) is 6.11. The Morgan fingerprint density at radius 2 is 2.12 bits per heavy atom. The van der Waals surface area contributed by atoms with Crippen LogP contribution in [-0.2, 0) is 11.3 Å². The summed E-state index contributed by atoms with van der Waals surface area (Å²) in [7, 11) is 0. The van der Waals surface area contributed by atoms with Crippen LogP contribution in [0.4, 0.5) is 0 Å².